The Morgan fingerprint density at radius 1 is 1.24 bits per heavy atom. The zero-order chi connectivity index (χ0) is 28.2. The van der Waals surface area contributed by atoms with Crippen molar-refractivity contribution in [1.29, 1.82) is 0 Å². The molecule has 0 aliphatic carbocycles. The van der Waals surface area contributed by atoms with E-state index in [1.807, 2.05) is 25.3 Å². The molecular formula is C32H49N5O. The van der Waals surface area contributed by atoms with Crippen LogP contribution in [0.25, 0.3) is 5.65 Å². The third-order valence-corrected chi connectivity index (χ3v) is 7.54. The Morgan fingerprint density at radius 2 is 1.92 bits per heavy atom. The monoisotopic (exact) mass is 519 g/mol. The number of allylic oxidation sites excluding steroid dienone is 5. The van der Waals surface area contributed by atoms with Crippen LogP contribution in [0.1, 0.15) is 72.4 Å². The van der Waals surface area contributed by atoms with Crippen molar-refractivity contribution in [3.05, 3.63) is 76.4 Å². The Bertz CT molecular complexity index is 1200. The van der Waals surface area contributed by atoms with Gasteiger partial charge in [-0.15, -0.1) is 0 Å². The SMILES string of the molecule is C=C/C(C)=C/C(=NC)c1cc(=O)n2cc(N3CCC(N(C)C)CC3)ccc2n1.CCC/C=C(/C)C(C)CC. The number of fused-ring (bicyclic) bond motifs is 1. The first-order valence-corrected chi connectivity index (χ1v) is 14.0. The van der Waals surface area contributed by atoms with Gasteiger partial charge in [-0.25, -0.2) is 4.98 Å². The Balaban J connectivity index is 0.000000432. The zero-order valence-electron chi connectivity index (χ0n) is 25.0. The minimum absolute atomic E-state index is 0.101. The second-order valence-corrected chi connectivity index (χ2v) is 10.5. The van der Waals surface area contributed by atoms with Crippen LogP contribution in [-0.4, -0.2) is 60.3 Å². The van der Waals surface area contributed by atoms with Gasteiger partial charge >= 0.3 is 0 Å². The van der Waals surface area contributed by atoms with Crippen LogP contribution in [0.4, 0.5) is 5.69 Å². The maximum absolute atomic E-state index is 12.8. The summed E-state index contributed by atoms with van der Waals surface area (Å²) in [5, 5.41) is 0. The van der Waals surface area contributed by atoms with Crippen LogP contribution < -0.4 is 10.5 Å². The zero-order valence-corrected chi connectivity index (χ0v) is 25.0. The molecule has 0 saturated carbocycles. The molecule has 6 heteroatoms. The molecule has 0 radical (unpaired) electrons. The predicted octanol–water partition coefficient (Wildman–Crippen LogP) is 6.56. The average Bonchev–Trinajstić information content (AvgIpc) is 2.94. The van der Waals surface area contributed by atoms with Crippen molar-refractivity contribution in [2.75, 3.05) is 39.1 Å². The summed E-state index contributed by atoms with van der Waals surface area (Å²) in [4.78, 5) is 26.3. The van der Waals surface area contributed by atoms with Gasteiger partial charge < -0.3 is 9.80 Å². The van der Waals surface area contributed by atoms with Gasteiger partial charge in [0.15, 0.2) is 0 Å². The van der Waals surface area contributed by atoms with Gasteiger partial charge in [0.1, 0.15) is 5.65 Å². The molecule has 1 atom stereocenters. The number of hydrogen-bond donors (Lipinski definition) is 0. The van der Waals surface area contributed by atoms with Crippen molar-refractivity contribution in [3.63, 3.8) is 0 Å². The normalized spacial score (nSPS) is 16.4. The van der Waals surface area contributed by atoms with Gasteiger partial charge in [0.25, 0.3) is 5.56 Å². The number of pyridine rings is 1. The maximum Gasteiger partial charge on any atom is 0.258 e. The van der Waals surface area contributed by atoms with Gasteiger partial charge in [-0.2, -0.15) is 0 Å². The molecule has 208 valence electrons. The number of aliphatic imine (C=N–C) groups is 1. The maximum atomic E-state index is 12.8. The lowest BCUT2D eigenvalue weighted by Gasteiger charge is -2.36. The van der Waals surface area contributed by atoms with E-state index in [1.54, 1.807) is 29.2 Å². The lowest BCUT2D eigenvalue weighted by Crippen LogP contribution is -2.42. The minimum atomic E-state index is -0.101. The molecule has 1 unspecified atom stereocenters. The summed E-state index contributed by atoms with van der Waals surface area (Å²) in [6, 6.07) is 6.14. The van der Waals surface area contributed by atoms with Crippen molar-refractivity contribution in [2.24, 2.45) is 10.9 Å². The van der Waals surface area contributed by atoms with Crippen LogP contribution in [0, 0.1) is 5.92 Å². The second-order valence-electron chi connectivity index (χ2n) is 10.5. The molecule has 0 amide bonds. The van der Waals surface area contributed by atoms with Crippen molar-refractivity contribution in [3.8, 4) is 0 Å². The molecule has 0 spiro atoms. The molecule has 0 bridgehead atoms. The summed E-state index contributed by atoms with van der Waals surface area (Å²) in [7, 11) is 5.98. The highest BCUT2D eigenvalue weighted by Gasteiger charge is 2.21. The fraction of sp³-hybridized carbons (Fsp3) is 0.531. The highest BCUT2D eigenvalue weighted by molar-refractivity contribution is 6.08. The van der Waals surface area contributed by atoms with Gasteiger partial charge in [-0.1, -0.05) is 51.5 Å². The fourth-order valence-corrected chi connectivity index (χ4v) is 4.47. The molecule has 2 aromatic heterocycles. The van der Waals surface area contributed by atoms with Crippen molar-refractivity contribution < 1.29 is 0 Å². The summed E-state index contributed by atoms with van der Waals surface area (Å²) in [6.45, 7) is 16.7. The summed E-state index contributed by atoms with van der Waals surface area (Å²) < 4.78 is 1.62. The van der Waals surface area contributed by atoms with Crippen LogP contribution >= 0.6 is 0 Å². The van der Waals surface area contributed by atoms with Crippen LogP contribution in [0.2, 0.25) is 0 Å². The van der Waals surface area contributed by atoms with E-state index in [1.165, 1.54) is 19.3 Å². The fourth-order valence-electron chi connectivity index (χ4n) is 4.47. The molecular weight excluding hydrogens is 470 g/mol. The number of piperidine rings is 1. The molecule has 2 aromatic rings. The summed E-state index contributed by atoms with van der Waals surface area (Å²) in [5.74, 6) is 0.784. The van der Waals surface area contributed by atoms with E-state index in [0.29, 0.717) is 23.1 Å². The third-order valence-electron chi connectivity index (χ3n) is 7.54. The average molecular weight is 520 g/mol. The smallest absolute Gasteiger partial charge is 0.258 e. The van der Waals surface area contributed by atoms with E-state index in [4.69, 9.17) is 0 Å². The van der Waals surface area contributed by atoms with Crippen LogP contribution in [0.5, 0.6) is 0 Å². The number of unbranched alkanes of at least 4 members (excludes halogenated alkanes) is 1. The van der Waals surface area contributed by atoms with Crippen LogP contribution in [-0.2, 0) is 0 Å². The molecule has 1 aliphatic heterocycles. The number of anilines is 1. The molecule has 1 fully saturated rings. The molecule has 1 saturated heterocycles. The first-order valence-electron chi connectivity index (χ1n) is 14.0. The topological polar surface area (TPSA) is 53.2 Å². The molecule has 3 rings (SSSR count). The Hall–Kier alpha value is -2.99. The molecule has 3 heterocycles. The van der Waals surface area contributed by atoms with Crippen molar-refractivity contribution in [2.45, 2.75) is 72.8 Å². The summed E-state index contributed by atoms with van der Waals surface area (Å²) in [5.41, 5.74) is 5.37. The van der Waals surface area contributed by atoms with E-state index < -0.39 is 0 Å². The highest BCUT2D eigenvalue weighted by atomic mass is 16.1. The lowest BCUT2D eigenvalue weighted by molar-refractivity contribution is 0.249. The van der Waals surface area contributed by atoms with Gasteiger partial charge in [0, 0.05) is 38.4 Å². The van der Waals surface area contributed by atoms with E-state index in [-0.39, 0.29) is 5.56 Å². The highest BCUT2D eigenvalue weighted by Crippen LogP contribution is 2.22. The van der Waals surface area contributed by atoms with Gasteiger partial charge in [0.05, 0.1) is 17.1 Å². The molecule has 0 aromatic carbocycles. The molecule has 0 N–H and O–H groups in total. The Labute approximate surface area is 230 Å². The molecule has 38 heavy (non-hydrogen) atoms. The summed E-state index contributed by atoms with van der Waals surface area (Å²) in [6.07, 6.45) is 14.0. The second kappa shape index (κ2) is 15.4. The van der Waals surface area contributed by atoms with E-state index in [0.717, 1.165) is 43.1 Å². The Kier molecular flexibility index (Phi) is 12.7. The predicted molar refractivity (Wildman–Crippen MR) is 165 cm³/mol. The van der Waals surface area contributed by atoms with Crippen molar-refractivity contribution in [1.82, 2.24) is 14.3 Å². The van der Waals surface area contributed by atoms with Crippen LogP contribution in [0.15, 0.2) is 70.1 Å². The van der Waals surface area contributed by atoms with Gasteiger partial charge in [-0.3, -0.25) is 14.2 Å². The molecule has 1 aliphatic rings. The number of nitrogens with zero attached hydrogens (tertiary/aromatic N) is 5. The number of rotatable bonds is 9. The lowest BCUT2D eigenvalue weighted by atomic mass is 9.99. The van der Waals surface area contributed by atoms with E-state index in [2.05, 4.69) is 80.3 Å². The van der Waals surface area contributed by atoms with E-state index in [9.17, 15) is 4.79 Å². The van der Waals surface area contributed by atoms with Crippen molar-refractivity contribution >= 4 is 17.0 Å². The molecule has 6 nitrogen and oxygen atoms in total. The standard InChI is InChI=1S/C22H29N5O.C10H20/c1-6-16(2)13-19(23-3)20-14-22(28)27-15-18(7-8-21(27)24-20)26-11-9-17(10-12-26)25(4)5;1-5-7-8-10(4)9(3)6-2/h6-8,13-15,17H,1,9-12H2,2-5H3;8-9H,5-7H2,1-4H3/b16-13+,23-19?;10-8-. The third kappa shape index (κ3) is 8.80. The van der Waals surface area contributed by atoms with Gasteiger partial charge in [-0.05, 0) is 83.3 Å². The Morgan fingerprint density at radius 3 is 2.47 bits per heavy atom. The number of hydrogen-bond acceptors (Lipinski definition) is 5. The first-order chi connectivity index (χ1) is 18.1. The summed E-state index contributed by atoms with van der Waals surface area (Å²) >= 11 is 0. The minimum Gasteiger partial charge on any atom is -0.370 e. The quantitative estimate of drug-likeness (QED) is 0.214. The van der Waals surface area contributed by atoms with Crippen LogP contribution in [0.3, 0.4) is 0 Å². The largest absolute Gasteiger partial charge is 0.370 e. The van der Waals surface area contributed by atoms with E-state index >= 15 is 0 Å². The first kappa shape index (κ1) is 31.2. The van der Waals surface area contributed by atoms with Gasteiger partial charge in [0.2, 0.25) is 0 Å². The number of aromatic nitrogens is 2.